The van der Waals surface area contributed by atoms with Crippen LogP contribution < -0.4 is 0 Å². The molecular weight excluding hydrogens is 160 g/mol. The van der Waals surface area contributed by atoms with E-state index in [-0.39, 0.29) is 0 Å². The Balaban J connectivity index is 1.98. The Labute approximate surface area is 80.5 Å². The molecule has 2 unspecified atom stereocenters. The first-order valence-electron chi connectivity index (χ1n) is 5.11. The van der Waals surface area contributed by atoms with Gasteiger partial charge in [-0.25, -0.2) is 0 Å². The van der Waals surface area contributed by atoms with E-state index in [4.69, 9.17) is 4.74 Å². The van der Waals surface area contributed by atoms with Crippen molar-refractivity contribution in [2.75, 3.05) is 13.7 Å². The summed E-state index contributed by atoms with van der Waals surface area (Å²) in [7, 11) is 1.80. The Kier molecular flexibility index (Phi) is 2.29. The van der Waals surface area contributed by atoms with Crippen LogP contribution in [0.2, 0.25) is 0 Å². The largest absolute Gasteiger partial charge is 0.384 e. The molecule has 0 radical (unpaired) electrons. The third kappa shape index (κ3) is 1.71. The van der Waals surface area contributed by atoms with Crippen LogP contribution in [0.5, 0.6) is 0 Å². The summed E-state index contributed by atoms with van der Waals surface area (Å²) < 4.78 is 5.24. The highest BCUT2D eigenvalue weighted by Gasteiger charge is 2.51. The quantitative estimate of drug-likeness (QED) is 0.645. The molecule has 1 heteroatoms. The van der Waals surface area contributed by atoms with Gasteiger partial charge < -0.3 is 4.74 Å². The Morgan fingerprint density at radius 2 is 2.46 bits per heavy atom. The maximum Gasteiger partial charge on any atom is 0.0521 e. The van der Waals surface area contributed by atoms with E-state index < -0.39 is 0 Å². The average Bonchev–Trinajstić information content (AvgIpc) is 2.80. The van der Waals surface area contributed by atoms with Crippen LogP contribution in [-0.2, 0) is 4.74 Å². The average molecular weight is 178 g/mol. The van der Waals surface area contributed by atoms with Crippen molar-refractivity contribution >= 4 is 0 Å². The number of hydrogen-bond acceptors (Lipinski definition) is 1. The minimum atomic E-state index is 0.450. The van der Waals surface area contributed by atoms with Crippen LogP contribution in [0.25, 0.3) is 0 Å². The first kappa shape index (κ1) is 9.01. The highest BCUT2D eigenvalue weighted by molar-refractivity contribution is 5.27. The second-order valence-electron chi connectivity index (χ2n) is 4.55. The molecule has 0 N–H and O–H groups in total. The van der Waals surface area contributed by atoms with Crippen molar-refractivity contribution in [1.82, 2.24) is 0 Å². The Bertz CT molecular complexity index is 252. The number of methoxy groups -OCH3 is 1. The monoisotopic (exact) mass is 178 g/mol. The van der Waals surface area contributed by atoms with Gasteiger partial charge in [0.05, 0.1) is 6.61 Å². The minimum absolute atomic E-state index is 0.450. The van der Waals surface area contributed by atoms with Crippen LogP contribution >= 0.6 is 0 Å². The summed E-state index contributed by atoms with van der Waals surface area (Å²) in [6.45, 7) is 3.25. The van der Waals surface area contributed by atoms with Crippen LogP contribution in [0.1, 0.15) is 26.2 Å². The molecule has 2 aliphatic carbocycles. The van der Waals surface area contributed by atoms with Crippen molar-refractivity contribution in [3.63, 3.8) is 0 Å². The first-order chi connectivity index (χ1) is 6.26. The lowest BCUT2D eigenvalue weighted by molar-refractivity contribution is 0.144. The van der Waals surface area contributed by atoms with Crippen molar-refractivity contribution in [3.8, 4) is 0 Å². The Hall–Kier alpha value is -0.560. The van der Waals surface area contributed by atoms with E-state index in [1.165, 1.54) is 19.3 Å². The lowest BCUT2D eigenvalue weighted by atomic mass is 9.95. The normalized spacial score (nSPS) is 37.4. The Morgan fingerprint density at radius 3 is 3.08 bits per heavy atom. The zero-order valence-corrected chi connectivity index (χ0v) is 8.55. The van der Waals surface area contributed by atoms with Crippen LogP contribution in [0.15, 0.2) is 23.8 Å². The maximum atomic E-state index is 5.24. The van der Waals surface area contributed by atoms with E-state index in [1.807, 2.05) is 0 Å². The van der Waals surface area contributed by atoms with Gasteiger partial charge in [-0.3, -0.25) is 0 Å². The molecule has 72 valence electrons. The molecule has 2 rings (SSSR count). The first-order valence-corrected chi connectivity index (χ1v) is 5.11. The predicted molar refractivity (Wildman–Crippen MR) is 54.5 cm³/mol. The molecule has 0 heterocycles. The fourth-order valence-corrected chi connectivity index (χ4v) is 2.39. The fraction of sp³-hybridized carbons (Fsp3) is 0.667. The molecule has 0 bridgehead atoms. The summed E-state index contributed by atoms with van der Waals surface area (Å²) in [4.78, 5) is 0. The lowest BCUT2D eigenvalue weighted by Gasteiger charge is -2.13. The molecule has 0 aromatic carbocycles. The molecule has 0 amide bonds. The molecule has 1 fully saturated rings. The zero-order chi connectivity index (χ0) is 9.31. The van der Waals surface area contributed by atoms with Gasteiger partial charge >= 0.3 is 0 Å². The number of allylic oxidation sites excluding steroid dienone is 4. The molecule has 2 aliphatic rings. The molecule has 1 saturated carbocycles. The fourth-order valence-electron chi connectivity index (χ4n) is 2.39. The van der Waals surface area contributed by atoms with E-state index in [2.05, 4.69) is 25.2 Å². The molecule has 2 atom stereocenters. The molecular formula is C12H18O. The molecule has 13 heavy (non-hydrogen) atoms. The Morgan fingerprint density at radius 1 is 1.62 bits per heavy atom. The van der Waals surface area contributed by atoms with Crippen LogP contribution in [0.3, 0.4) is 0 Å². The van der Waals surface area contributed by atoms with Gasteiger partial charge in [0.15, 0.2) is 0 Å². The van der Waals surface area contributed by atoms with Gasteiger partial charge in [-0.15, -0.1) is 0 Å². The summed E-state index contributed by atoms with van der Waals surface area (Å²) in [5.41, 5.74) is 2.09. The van der Waals surface area contributed by atoms with Crippen LogP contribution in [0.4, 0.5) is 0 Å². The van der Waals surface area contributed by atoms with Crippen molar-refractivity contribution < 1.29 is 4.74 Å². The number of ether oxygens (including phenoxy) is 1. The standard InChI is InChI=1S/C12H18O/c1-12(9-13-2)8-11(12)10-6-4-3-5-7-10/h3-4,6,11H,5,7-9H2,1-2H3. The maximum absolute atomic E-state index is 5.24. The number of hydrogen-bond donors (Lipinski definition) is 0. The molecule has 0 spiro atoms. The van der Waals surface area contributed by atoms with E-state index in [0.717, 1.165) is 12.5 Å². The third-order valence-electron chi connectivity index (χ3n) is 3.32. The molecule has 0 aliphatic heterocycles. The van der Waals surface area contributed by atoms with E-state index in [0.29, 0.717) is 5.41 Å². The zero-order valence-electron chi connectivity index (χ0n) is 8.55. The number of rotatable bonds is 3. The van der Waals surface area contributed by atoms with Gasteiger partial charge in [-0.1, -0.05) is 30.7 Å². The highest BCUT2D eigenvalue weighted by Crippen LogP contribution is 2.57. The van der Waals surface area contributed by atoms with Gasteiger partial charge in [-0.2, -0.15) is 0 Å². The van der Waals surface area contributed by atoms with Gasteiger partial charge in [-0.05, 0) is 30.6 Å². The summed E-state index contributed by atoms with van der Waals surface area (Å²) >= 11 is 0. The van der Waals surface area contributed by atoms with Crippen molar-refractivity contribution in [2.24, 2.45) is 11.3 Å². The summed E-state index contributed by atoms with van der Waals surface area (Å²) in [6.07, 6.45) is 10.6. The van der Waals surface area contributed by atoms with Crippen molar-refractivity contribution in [3.05, 3.63) is 23.8 Å². The van der Waals surface area contributed by atoms with Gasteiger partial charge in [0, 0.05) is 7.11 Å². The van der Waals surface area contributed by atoms with Crippen LogP contribution in [0, 0.1) is 11.3 Å². The topological polar surface area (TPSA) is 9.23 Å². The van der Waals surface area contributed by atoms with Crippen LogP contribution in [-0.4, -0.2) is 13.7 Å². The van der Waals surface area contributed by atoms with E-state index in [9.17, 15) is 0 Å². The van der Waals surface area contributed by atoms with Crippen molar-refractivity contribution in [1.29, 1.82) is 0 Å². The third-order valence-corrected chi connectivity index (χ3v) is 3.32. The van der Waals surface area contributed by atoms with Gasteiger partial charge in [0.25, 0.3) is 0 Å². The predicted octanol–water partition coefficient (Wildman–Crippen LogP) is 2.94. The van der Waals surface area contributed by atoms with Gasteiger partial charge in [0.2, 0.25) is 0 Å². The second kappa shape index (κ2) is 3.30. The highest BCUT2D eigenvalue weighted by atomic mass is 16.5. The van der Waals surface area contributed by atoms with E-state index >= 15 is 0 Å². The lowest BCUT2D eigenvalue weighted by Crippen LogP contribution is -2.08. The molecule has 0 aromatic heterocycles. The summed E-state index contributed by atoms with van der Waals surface area (Å²) in [5, 5.41) is 0. The smallest absolute Gasteiger partial charge is 0.0521 e. The van der Waals surface area contributed by atoms with Gasteiger partial charge in [0.1, 0.15) is 0 Å². The summed E-state index contributed by atoms with van der Waals surface area (Å²) in [5.74, 6) is 0.803. The second-order valence-corrected chi connectivity index (χ2v) is 4.55. The summed E-state index contributed by atoms with van der Waals surface area (Å²) in [6, 6.07) is 0. The SMILES string of the molecule is COCC1(C)CC1C1=CC=CCC1. The van der Waals surface area contributed by atoms with E-state index in [1.54, 1.807) is 12.7 Å². The molecule has 0 aromatic rings. The molecule has 0 saturated heterocycles. The molecule has 1 nitrogen and oxygen atoms in total. The van der Waals surface area contributed by atoms with Crippen molar-refractivity contribution in [2.45, 2.75) is 26.2 Å². The minimum Gasteiger partial charge on any atom is -0.384 e.